The Bertz CT molecular complexity index is 673. The highest BCUT2D eigenvalue weighted by Gasteiger charge is 2.17. The van der Waals surface area contributed by atoms with Gasteiger partial charge in [0.2, 0.25) is 0 Å². The van der Waals surface area contributed by atoms with Crippen LogP contribution in [0, 0.1) is 10.1 Å². The molecule has 0 bridgehead atoms. The number of halogens is 1. The highest BCUT2D eigenvalue weighted by molar-refractivity contribution is 9.10. The van der Waals surface area contributed by atoms with Crippen molar-refractivity contribution in [2.75, 3.05) is 0 Å². The molecule has 0 heterocycles. The molecular weight excluding hydrogens is 370 g/mol. The molecule has 2 rings (SSSR count). The van der Waals surface area contributed by atoms with Gasteiger partial charge in [-0.1, -0.05) is 15.9 Å². The van der Waals surface area contributed by atoms with Crippen LogP contribution in [0.25, 0.3) is 0 Å². The number of hydrogen-bond donors (Lipinski definition) is 0. The van der Waals surface area contributed by atoms with Gasteiger partial charge in [-0.3, -0.25) is 14.9 Å². The van der Waals surface area contributed by atoms with Crippen LogP contribution in [0.3, 0.4) is 0 Å². The first kappa shape index (κ1) is 16.5. The fraction of sp³-hybridized carbons (Fsp3) is 0.133. The number of rotatable bonds is 5. The number of benzene rings is 2. The smallest absolute Gasteiger partial charge is 0.324 e. The molecule has 0 aliphatic rings. The molecular formula is C15H12BrNO4S. The SMILES string of the molecule is CC(Sc1ccc([N+](=O)[O-])cc1)C(=O)Oc1ccc(Br)cc1. The molecule has 0 aliphatic carbocycles. The summed E-state index contributed by atoms with van der Waals surface area (Å²) >= 11 is 4.60. The minimum Gasteiger partial charge on any atom is -0.426 e. The van der Waals surface area contributed by atoms with Gasteiger partial charge in [-0.05, 0) is 43.3 Å². The summed E-state index contributed by atoms with van der Waals surface area (Å²) in [5.41, 5.74) is 0.0226. The summed E-state index contributed by atoms with van der Waals surface area (Å²) in [6, 6.07) is 13.0. The van der Waals surface area contributed by atoms with E-state index in [2.05, 4.69) is 15.9 Å². The van der Waals surface area contributed by atoms with Crippen LogP contribution in [-0.2, 0) is 4.79 Å². The third-order valence-electron chi connectivity index (χ3n) is 2.72. The number of nitrogens with zero attached hydrogens (tertiary/aromatic N) is 1. The van der Waals surface area contributed by atoms with Crippen molar-refractivity contribution in [1.82, 2.24) is 0 Å². The van der Waals surface area contributed by atoms with Gasteiger partial charge in [0.1, 0.15) is 11.0 Å². The number of nitro groups is 1. The molecule has 0 amide bonds. The number of thioether (sulfide) groups is 1. The number of carbonyl (C=O) groups excluding carboxylic acids is 1. The van der Waals surface area contributed by atoms with Crippen molar-refractivity contribution in [3.05, 3.63) is 63.1 Å². The molecule has 1 atom stereocenters. The van der Waals surface area contributed by atoms with Crippen LogP contribution in [0.1, 0.15) is 6.92 Å². The second-order valence-electron chi connectivity index (χ2n) is 4.39. The number of non-ortho nitro benzene ring substituents is 1. The summed E-state index contributed by atoms with van der Waals surface area (Å²) in [6.45, 7) is 1.73. The van der Waals surface area contributed by atoms with Gasteiger partial charge in [-0.15, -0.1) is 11.8 Å². The molecule has 1 unspecified atom stereocenters. The van der Waals surface area contributed by atoms with Gasteiger partial charge in [0.25, 0.3) is 5.69 Å². The fourth-order valence-electron chi connectivity index (χ4n) is 1.60. The largest absolute Gasteiger partial charge is 0.426 e. The third kappa shape index (κ3) is 4.57. The molecule has 0 saturated carbocycles. The second kappa shape index (κ2) is 7.42. The zero-order valence-electron chi connectivity index (χ0n) is 11.6. The highest BCUT2D eigenvalue weighted by atomic mass is 79.9. The standard InChI is InChI=1S/C15H12BrNO4S/c1-10(15(18)21-13-6-2-11(16)3-7-13)22-14-8-4-12(5-9-14)17(19)20/h2-10H,1H3. The molecule has 0 aliphatic heterocycles. The summed E-state index contributed by atoms with van der Waals surface area (Å²) in [7, 11) is 0. The quantitative estimate of drug-likeness (QED) is 0.251. The van der Waals surface area contributed by atoms with E-state index < -0.39 is 10.2 Å². The molecule has 5 nitrogen and oxygen atoms in total. The first-order chi connectivity index (χ1) is 10.5. The Labute approximate surface area is 140 Å². The maximum absolute atomic E-state index is 12.0. The maximum Gasteiger partial charge on any atom is 0.324 e. The lowest BCUT2D eigenvalue weighted by molar-refractivity contribution is -0.384. The number of nitro benzene ring substituents is 1. The minimum atomic E-state index is -0.459. The summed E-state index contributed by atoms with van der Waals surface area (Å²) in [6.07, 6.45) is 0. The van der Waals surface area contributed by atoms with Crippen molar-refractivity contribution in [3.8, 4) is 5.75 Å². The van der Waals surface area contributed by atoms with E-state index in [9.17, 15) is 14.9 Å². The first-order valence-electron chi connectivity index (χ1n) is 6.34. The van der Waals surface area contributed by atoms with E-state index in [0.717, 1.165) is 9.37 Å². The van der Waals surface area contributed by atoms with Crippen molar-refractivity contribution in [1.29, 1.82) is 0 Å². The van der Waals surface area contributed by atoms with Crippen LogP contribution in [0.5, 0.6) is 5.75 Å². The molecule has 22 heavy (non-hydrogen) atoms. The van der Waals surface area contributed by atoms with Crippen LogP contribution in [0.4, 0.5) is 5.69 Å². The van der Waals surface area contributed by atoms with E-state index in [-0.39, 0.29) is 11.7 Å². The lowest BCUT2D eigenvalue weighted by Crippen LogP contribution is -2.19. The highest BCUT2D eigenvalue weighted by Crippen LogP contribution is 2.26. The van der Waals surface area contributed by atoms with E-state index >= 15 is 0 Å². The van der Waals surface area contributed by atoms with Gasteiger partial charge in [0, 0.05) is 21.5 Å². The van der Waals surface area contributed by atoms with E-state index in [1.165, 1.54) is 23.9 Å². The lowest BCUT2D eigenvalue weighted by atomic mass is 10.3. The van der Waals surface area contributed by atoms with Crippen molar-refractivity contribution >= 4 is 39.3 Å². The van der Waals surface area contributed by atoms with Crippen LogP contribution >= 0.6 is 27.7 Å². The number of hydrogen-bond acceptors (Lipinski definition) is 5. The minimum absolute atomic E-state index is 0.0226. The molecule has 2 aromatic rings. The van der Waals surface area contributed by atoms with Crippen molar-refractivity contribution in [2.45, 2.75) is 17.1 Å². The van der Waals surface area contributed by atoms with E-state index in [1.807, 2.05) is 0 Å². The summed E-state index contributed by atoms with van der Waals surface area (Å²) < 4.78 is 6.18. The predicted octanol–water partition coefficient (Wildman–Crippen LogP) is 4.44. The van der Waals surface area contributed by atoms with E-state index in [0.29, 0.717) is 5.75 Å². The topological polar surface area (TPSA) is 69.4 Å². The van der Waals surface area contributed by atoms with Crippen molar-refractivity contribution in [2.24, 2.45) is 0 Å². The molecule has 2 aromatic carbocycles. The van der Waals surface area contributed by atoms with Crippen LogP contribution in [0.2, 0.25) is 0 Å². The molecule has 0 fully saturated rings. The van der Waals surface area contributed by atoms with Gasteiger partial charge in [-0.25, -0.2) is 0 Å². The summed E-state index contributed by atoms with van der Waals surface area (Å²) in [4.78, 5) is 22.9. The zero-order chi connectivity index (χ0) is 16.1. The molecule has 0 N–H and O–H groups in total. The van der Waals surface area contributed by atoms with Crippen molar-refractivity contribution in [3.63, 3.8) is 0 Å². The Balaban J connectivity index is 1.95. The van der Waals surface area contributed by atoms with Crippen LogP contribution in [0.15, 0.2) is 57.9 Å². The first-order valence-corrected chi connectivity index (χ1v) is 8.01. The number of esters is 1. The normalized spacial score (nSPS) is 11.7. The number of ether oxygens (including phenoxy) is 1. The predicted molar refractivity (Wildman–Crippen MR) is 88.2 cm³/mol. The Morgan fingerprint density at radius 3 is 2.32 bits per heavy atom. The molecule has 0 spiro atoms. The molecule has 0 aromatic heterocycles. The van der Waals surface area contributed by atoms with Gasteiger partial charge in [0.05, 0.1) is 4.92 Å². The molecule has 7 heteroatoms. The Kier molecular flexibility index (Phi) is 5.57. The van der Waals surface area contributed by atoms with E-state index in [4.69, 9.17) is 4.74 Å². The fourth-order valence-corrected chi connectivity index (χ4v) is 2.71. The Morgan fingerprint density at radius 2 is 1.77 bits per heavy atom. The summed E-state index contributed by atoms with van der Waals surface area (Å²) in [5.74, 6) is 0.107. The summed E-state index contributed by atoms with van der Waals surface area (Å²) in [5, 5.41) is 10.2. The van der Waals surface area contributed by atoms with E-state index in [1.54, 1.807) is 43.3 Å². The van der Waals surface area contributed by atoms with Gasteiger partial charge in [-0.2, -0.15) is 0 Å². The maximum atomic E-state index is 12.0. The third-order valence-corrected chi connectivity index (χ3v) is 4.34. The second-order valence-corrected chi connectivity index (χ2v) is 6.72. The van der Waals surface area contributed by atoms with Gasteiger partial charge >= 0.3 is 5.97 Å². The zero-order valence-corrected chi connectivity index (χ0v) is 14.0. The van der Waals surface area contributed by atoms with Crippen LogP contribution < -0.4 is 4.74 Å². The number of carbonyl (C=O) groups is 1. The van der Waals surface area contributed by atoms with Crippen molar-refractivity contribution < 1.29 is 14.5 Å². The average Bonchev–Trinajstić information content (AvgIpc) is 2.50. The monoisotopic (exact) mass is 381 g/mol. The Morgan fingerprint density at radius 1 is 1.18 bits per heavy atom. The van der Waals surface area contributed by atoms with Gasteiger partial charge in [0.15, 0.2) is 0 Å². The average molecular weight is 382 g/mol. The molecule has 114 valence electrons. The molecule has 0 radical (unpaired) electrons. The Hall–Kier alpha value is -1.86. The van der Waals surface area contributed by atoms with Gasteiger partial charge < -0.3 is 4.74 Å². The van der Waals surface area contributed by atoms with Crippen LogP contribution in [-0.4, -0.2) is 16.1 Å². The molecule has 0 saturated heterocycles. The lowest BCUT2D eigenvalue weighted by Gasteiger charge is -2.11.